The van der Waals surface area contributed by atoms with Crippen molar-refractivity contribution in [1.82, 2.24) is 4.90 Å². The summed E-state index contributed by atoms with van der Waals surface area (Å²) in [7, 11) is 0. The Balaban J connectivity index is 0. The lowest BCUT2D eigenvalue weighted by atomic mass is 10.5. The average molecular weight is 150 g/mol. The van der Waals surface area contributed by atoms with Gasteiger partial charge in [0.25, 0.3) is 0 Å². The van der Waals surface area contributed by atoms with Gasteiger partial charge in [0.15, 0.2) is 0 Å². The Morgan fingerprint density at radius 3 is 1.89 bits per heavy atom. The molecule has 1 nitrogen and oxygen atoms in total. The van der Waals surface area contributed by atoms with Crippen LogP contribution in [0.2, 0.25) is 0 Å². The molecule has 0 bridgehead atoms. The molecule has 0 amide bonds. The van der Waals surface area contributed by atoms with Gasteiger partial charge in [-0.15, -0.1) is 19.0 Å². The van der Waals surface area contributed by atoms with E-state index >= 15 is 0 Å². The van der Waals surface area contributed by atoms with Crippen molar-refractivity contribution in [2.75, 3.05) is 19.6 Å². The third-order valence-electron chi connectivity index (χ3n) is 1.28. The van der Waals surface area contributed by atoms with Crippen LogP contribution >= 0.6 is 12.4 Å². The van der Waals surface area contributed by atoms with Gasteiger partial charge in [0.05, 0.1) is 0 Å². The standard InChI is InChI=1S/C7H15N.ClH/c1-4-7-8(5-2)6-3;/h4H,1,5-7H2,2-3H3;1H. The van der Waals surface area contributed by atoms with E-state index in [-0.39, 0.29) is 12.4 Å². The molecule has 0 aliphatic rings. The molecule has 56 valence electrons. The maximum absolute atomic E-state index is 3.65. The molecule has 0 unspecified atom stereocenters. The van der Waals surface area contributed by atoms with Gasteiger partial charge >= 0.3 is 0 Å². The third-order valence-corrected chi connectivity index (χ3v) is 1.28. The molecule has 0 atom stereocenters. The van der Waals surface area contributed by atoms with Crippen LogP contribution in [0.3, 0.4) is 0 Å². The fraction of sp³-hybridized carbons (Fsp3) is 0.714. The van der Waals surface area contributed by atoms with Gasteiger partial charge in [-0.3, -0.25) is 0 Å². The second-order valence-corrected chi connectivity index (χ2v) is 1.77. The molecule has 0 aliphatic heterocycles. The summed E-state index contributed by atoms with van der Waals surface area (Å²) in [5.41, 5.74) is 0. The molecular formula is C7H16ClN. The van der Waals surface area contributed by atoms with Crippen molar-refractivity contribution >= 4 is 12.4 Å². The van der Waals surface area contributed by atoms with E-state index in [1.807, 2.05) is 6.08 Å². The fourth-order valence-electron chi connectivity index (χ4n) is 0.664. The topological polar surface area (TPSA) is 3.24 Å². The Kier molecular flexibility index (Phi) is 10.4. The fourth-order valence-corrected chi connectivity index (χ4v) is 0.664. The number of hydrogen-bond acceptors (Lipinski definition) is 1. The summed E-state index contributed by atoms with van der Waals surface area (Å²) in [4.78, 5) is 2.31. The summed E-state index contributed by atoms with van der Waals surface area (Å²) in [6.07, 6.45) is 1.94. The lowest BCUT2D eigenvalue weighted by molar-refractivity contribution is 0.337. The van der Waals surface area contributed by atoms with E-state index in [4.69, 9.17) is 0 Å². The van der Waals surface area contributed by atoms with Crippen molar-refractivity contribution in [3.05, 3.63) is 12.7 Å². The van der Waals surface area contributed by atoms with E-state index in [0.29, 0.717) is 0 Å². The van der Waals surface area contributed by atoms with Crippen molar-refractivity contribution in [3.63, 3.8) is 0 Å². The van der Waals surface area contributed by atoms with Crippen LogP contribution in [0.25, 0.3) is 0 Å². The van der Waals surface area contributed by atoms with Crippen LogP contribution in [0.15, 0.2) is 12.7 Å². The first-order chi connectivity index (χ1) is 3.85. The van der Waals surface area contributed by atoms with Crippen molar-refractivity contribution in [3.8, 4) is 0 Å². The molecule has 0 aromatic heterocycles. The quantitative estimate of drug-likeness (QED) is 0.553. The minimum absolute atomic E-state index is 0. The van der Waals surface area contributed by atoms with Gasteiger partial charge in [-0.2, -0.15) is 0 Å². The van der Waals surface area contributed by atoms with Crippen LogP contribution in [0, 0.1) is 0 Å². The van der Waals surface area contributed by atoms with E-state index in [0.717, 1.165) is 19.6 Å². The Labute approximate surface area is 64.2 Å². The molecule has 0 spiro atoms. The highest BCUT2D eigenvalue weighted by Gasteiger charge is 1.90. The first-order valence-corrected chi connectivity index (χ1v) is 3.18. The summed E-state index contributed by atoms with van der Waals surface area (Å²) in [5.74, 6) is 0. The SMILES string of the molecule is C=CCN(CC)CC.Cl. The van der Waals surface area contributed by atoms with Gasteiger partial charge in [-0.1, -0.05) is 19.9 Å². The molecule has 0 aromatic rings. The smallest absolute Gasteiger partial charge is 0.0160 e. The summed E-state index contributed by atoms with van der Waals surface area (Å²) >= 11 is 0. The Bertz CT molecular complexity index is 59.9. The van der Waals surface area contributed by atoms with Crippen LogP contribution in [0.5, 0.6) is 0 Å². The molecule has 0 N–H and O–H groups in total. The largest absolute Gasteiger partial charge is 0.300 e. The van der Waals surface area contributed by atoms with Crippen LogP contribution < -0.4 is 0 Å². The van der Waals surface area contributed by atoms with Gasteiger partial charge in [0, 0.05) is 6.54 Å². The second-order valence-electron chi connectivity index (χ2n) is 1.77. The number of likely N-dealkylation sites (N-methyl/N-ethyl adjacent to an activating group) is 1. The minimum atomic E-state index is 0. The van der Waals surface area contributed by atoms with E-state index in [2.05, 4.69) is 25.3 Å². The van der Waals surface area contributed by atoms with E-state index in [9.17, 15) is 0 Å². The lowest BCUT2D eigenvalue weighted by Gasteiger charge is -2.14. The first-order valence-electron chi connectivity index (χ1n) is 3.18. The highest BCUT2D eigenvalue weighted by molar-refractivity contribution is 5.85. The molecular weight excluding hydrogens is 134 g/mol. The zero-order valence-corrected chi connectivity index (χ0v) is 7.08. The minimum Gasteiger partial charge on any atom is -0.300 e. The van der Waals surface area contributed by atoms with Gasteiger partial charge in [-0.05, 0) is 13.1 Å². The highest BCUT2D eigenvalue weighted by atomic mass is 35.5. The maximum Gasteiger partial charge on any atom is 0.0160 e. The average Bonchev–Trinajstić information content (AvgIpc) is 1.83. The molecule has 2 heteroatoms. The lowest BCUT2D eigenvalue weighted by Crippen LogP contribution is -2.22. The number of nitrogens with zero attached hydrogens (tertiary/aromatic N) is 1. The second kappa shape index (κ2) is 7.99. The molecule has 0 rings (SSSR count). The molecule has 0 aliphatic carbocycles. The monoisotopic (exact) mass is 149 g/mol. The van der Waals surface area contributed by atoms with Crippen LogP contribution in [-0.2, 0) is 0 Å². The number of rotatable bonds is 4. The Morgan fingerprint density at radius 2 is 1.78 bits per heavy atom. The zero-order valence-electron chi connectivity index (χ0n) is 6.26. The molecule has 0 saturated heterocycles. The number of hydrogen-bond donors (Lipinski definition) is 0. The third kappa shape index (κ3) is 5.87. The van der Waals surface area contributed by atoms with Crippen molar-refractivity contribution in [1.29, 1.82) is 0 Å². The van der Waals surface area contributed by atoms with E-state index in [1.165, 1.54) is 0 Å². The number of halogens is 1. The molecule has 0 fully saturated rings. The van der Waals surface area contributed by atoms with Gasteiger partial charge in [0.1, 0.15) is 0 Å². The van der Waals surface area contributed by atoms with Crippen molar-refractivity contribution < 1.29 is 0 Å². The van der Waals surface area contributed by atoms with Gasteiger partial charge in [0.2, 0.25) is 0 Å². The van der Waals surface area contributed by atoms with Crippen LogP contribution in [0.1, 0.15) is 13.8 Å². The highest BCUT2D eigenvalue weighted by Crippen LogP contribution is 1.84. The van der Waals surface area contributed by atoms with Crippen LogP contribution in [-0.4, -0.2) is 24.5 Å². The van der Waals surface area contributed by atoms with Gasteiger partial charge in [-0.25, -0.2) is 0 Å². The summed E-state index contributed by atoms with van der Waals surface area (Å²) in [6.45, 7) is 11.2. The van der Waals surface area contributed by atoms with Crippen LogP contribution in [0.4, 0.5) is 0 Å². The van der Waals surface area contributed by atoms with E-state index in [1.54, 1.807) is 0 Å². The summed E-state index contributed by atoms with van der Waals surface area (Å²) in [6, 6.07) is 0. The molecule has 0 radical (unpaired) electrons. The molecule has 0 heterocycles. The van der Waals surface area contributed by atoms with E-state index < -0.39 is 0 Å². The van der Waals surface area contributed by atoms with Crippen molar-refractivity contribution in [2.45, 2.75) is 13.8 Å². The Hall–Kier alpha value is -0.0100. The Morgan fingerprint density at radius 1 is 1.33 bits per heavy atom. The predicted molar refractivity (Wildman–Crippen MR) is 45.2 cm³/mol. The normalized spacial score (nSPS) is 8.78. The molecule has 0 saturated carbocycles. The van der Waals surface area contributed by atoms with Gasteiger partial charge < -0.3 is 4.90 Å². The predicted octanol–water partition coefficient (Wildman–Crippen LogP) is 1.94. The molecule has 0 aromatic carbocycles. The zero-order chi connectivity index (χ0) is 6.41. The summed E-state index contributed by atoms with van der Waals surface area (Å²) < 4.78 is 0. The summed E-state index contributed by atoms with van der Waals surface area (Å²) in [5, 5.41) is 0. The molecule has 9 heavy (non-hydrogen) atoms. The first kappa shape index (κ1) is 11.7. The van der Waals surface area contributed by atoms with Crippen molar-refractivity contribution in [2.24, 2.45) is 0 Å². The maximum atomic E-state index is 3.65.